The van der Waals surface area contributed by atoms with Crippen molar-refractivity contribution in [3.63, 3.8) is 0 Å². The van der Waals surface area contributed by atoms with Crippen molar-refractivity contribution in [3.8, 4) is 33.4 Å². The van der Waals surface area contributed by atoms with E-state index >= 15 is 0 Å². The zero-order valence-corrected chi connectivity index (χ0v) is 22.7. The Kier molecular flexibility index (Phi) is 7.91. The van der Waals surface area contributed by atoms with Crippen molar-refractivity contribution in [1.82, 2.24) is 0 Å². The normalized spacial score (nSPS) is 13.0. The quantitative estimate of drug-likeness (QED) is 0.0821. The van der Waals surface area contributed by atoms with Gasteiger partial charge >= 0.3 is 33.0 Å². The van der Waals surface area contributed by atoms with Crippen LogP contribution in [0, 0.1) is 0 Å². The molecule has 5 rings (SSSR count). The molecule has 0 aromatic heterocycles. The zero-order chi connectivity index (χ0) is 28.2. The van der Waals surface area contributed by atoms with Gasteiger partial charge in [-0.3, -0.25) is 0 Å². The van der Waals surface area contributed by atoms with Gasteiger partial charge in [0, 0.05) is 16.8 Å². The van der Waals surface area contributed by atoms with Crippen molar-refractivity contribution in [2.24, 2.45) is 0 Å². The molecule has 0 fully saturated rings. The Balaban J connectivity index is 0.000000448. The molecule has 0 saturated carbocycles. The van der Waals surface area contributed by atoms with Crippen LogP contribution in [0.5, 0.6) is 0 Å². The maximum absolute atomic E-state index is 10.7. The fraction of sp³-hybridized carbons (Fsp3) is 0. The monoisotopic (exact) mass is 594 g/mol. The molecule has 0 heterocycles. The topological polar surface area (TPSA) is 0 Å². The molecule has 0 saturated heterocycles. The number of halogens is 7. The molecule has 0 bridgehead atoms. The third-order valence-electron chi connectivity index (χ3n) is 5.50. The minimum atomic E-state index is -10.7. The van der Waals surface area contributed by atoms with E-state index in [9.17, 15) is 25.2 Å². The van der Waals surface area contributed by atoms with Gasteiger partial charge in [-0.1, -0.05) is 78.3 Å². The van der Waals surface area contributed by atoms with Crippen LogP contribution in [0.3, 0.4) is 0 Å². The predicted octanol–water partition coefficient (Wildman–Crippen LogP) is 12.0. The van der Waals surface area contributed by atoms with Crippen LogP contribution in [-0.4, -0.2) is 0 Å². The third kappa shape index (κ3) is 10.1. The summed E-state index contributed by atoms with van der Waals surface area (Å²) in [5.74, 6) is 0. The number of thiol groups is 1. The summed E-state index contributed by atoms with van der Waals surface area (Å²) in [5.41, 5.74) is 7.32. The predicted molar refractivity (Wildman–Crippen MR) is 153 cm³/mol. The SMILES string of the molecule is Clc1ccc(-c2ccc(-c3ccc([SH+]c4ccc(-c5ccccc5)cc4)cc3)cc2)cc1.F[P-](F)(F)(F)(F)F. The standard InChI is InChI=1S/C30H21ClS.F6P/c31-28-16-10-25(11-17-28)23-6-8-24(9-7-23)27-14-20-30(21-15-27)32-29-18-12-26(13-19-29)22-4-2-1-3-5-22;1-7(2,3,4,5)6/h1-21H;/q;-1/p+1. The van der Waals surface area contributed by atoms with Gasteiger partial charge < -0.3 is 0 Å². The molecule has 0 aliphatic heterocycles. The molecule has 0 nitrogen and oxygen atoms in total. The van der Waals surface area contributed by atoms with Gasteiger partial charge in [0.05, 0.1) is 0 Å². The number of hydrogen-bond acceptors (Lipinski definition) is 0. The van der Waals surface area contributed by atoms with E-state index in [4.69, 9.17) is 11.6 Å². The van der Waals surface area contributed by atoms with Gasteiger partial charge in [0.15, 0.2) is 9.79 Å². The summed E-state index contributed by atoms with van der Waals surface area (Å²) < 4.78 is 59.2. The van der Waals surface area contributed by atoms with Crippen molar-refractivity contribution in [3.05, 3.63) is 132 Å². The van der Waals surface area contributed by atoms with Crippen LogP contribution in [0.25, 0.3) is 33.4 Å². The minimum absolute atomic E-state index is 0.761. The molecule has 0 atom stereocenters. The van der Waals surface area contributed by atoms with Crippen molar-refractivity contribution < 1.29 is 25.2 Å². The van der Waals surface area contributed by atoms with Crippen molar-refractivity contribution >= 4 is 31.2 Å². The molecule has 0 unspecified atom stereocenters. The summed E-state index contributed by atoms with van der Waals surface area (Å²) in [6.45, 7) is 0. The van der Waals surface area contributed by atoms with E-state index in [1.54, 1.807) is 0 Å². The molecule has 0 aliphatic rings. The van der Waals surface area contributed by atoms with Crippen LogP contribution in [0.4, 0.5) is 25.2 Å². The van der Waals surface area contributed by atoms with E-state index in [2.05, 4.69) is 109 Å². The molecule has 0 spiro atoms. The number of rotatable bonds is 5. The first kappa shape index (κ1) is 28.8. The molecule has 9 heteroatoms. The van der Waals surface area contributed by atoms with Crippen LogP contribution in [-0.2, 0) is 11.8 Å². The Labute approximate surface area is 231 Å². The first-order chi connectivity index (χ1) is 18.2. The molecule has 0 radical (unpaired) electrons. The van der Waals surface area contributed by atoms with Crippen LogP contribution in [0.2, 0.25) is 5.02 Å². The Morgan fingerprint density at radius 1 is 0.385 bits per heavy atom. The van der Waals surface area contributed by atoms with Crippen molar-refractivity contribution in [2.45, 2.75) is 9.79 Å². The molecule has 5 aromatic carbocycles. The Morgan fingerprint density at radius 2 is 0.641 bits per heavy atom. The van der Waals surface area contributed by atoms with Gasteiger partial charge in [0.25, 0.3) is 0 Å². The van der Waals surface area contributed by atoms with E-state index in [1.807, 2.05) is 18.2 Å². The summed E-state index contributed by atoms with van der Waals surface area (Å²) in [7, 11) is -10.7. The van der Waals surface area contributed by atoms with Crippen LogP contribution in [0.1, 0.15) is 0 Å². The maximum atomic E-state index is 9.87. The number of benzene rings is 5. The van der Waals surface area contributed by atoms with Gasteiger partial charge in [-0.05, 0) is 94.0 Å². The third-order valence-corrected chi connectivity index (χ3v) is 6.86. The summed E-state index contributed by atoms with van der Waals surface area (Å²) in [4.78, 5) is 2.59. The Bertz CT molecular complexity index is 1510. The Hall–Kier alpha value is -3.25. The second-order valence-electron chi connectivity index (χ2n) is 8.61. The summed E-state index contributed by atoms with van der Waals surface area (Å²) in [5, 5.41) is 0.761. The number of hydrogen-bond donors (Lipinski definition) is 0. The van der Waals surface area contributed by atoms with Crippen LogP contribution >= 0.6 is 19.4 Å². The van der Waals surface area contributed by atoms with Crippen molar-refractivity contribution in [1.29, 1.82) is 0 Å². The van der Waals surface area contributed by atoms with Crippen LogP contribution < -0.4 is 0 Å². The summed E-state index contributed by atoms with van der Waals surface area (Å²) in [6.07, 6.45) is 0. The first-order valence-corrected chi connectivity index (χ1v) is 14.9. The van der Waals surface area contributed by atoms with E-state index in [0.29, 0.717) is 0 Å². The molecule has 202 valence electrons. The van der Waals surface area contributed by atoms with Gasteiger partial charge in [0.1, 0.15) is 0 Å². The van der Waals surface area contributed by atoms with Crippen LogP contribution in [0.15, 0.2) is 137 Å². The molecule has 0 amide bonds. The summed E-state index contributed by atoms with van der Waals surface area (Å²) in [6, 6.07) is 44.8. The van der Waals surface area contributed by atoms with E-state index < -0.39 is 7.81 Å². The van der Waals surface area contributed by atoms with E-state index in [-0.39, 0.29) is 0 Å². The average molecular weight is 595 g/mol. The fourth-order valence-corrected chi connectivity index (χ4v) is 4.75. The van der Waals surface area contributed by atoms with Gasteiger partial charge in [-0.25, -0.2) is 0 Å². The average Bonchev–Trinajstić information content (AvgIpc) is 2.89. The molecule has 5 aromatic rings. The van der Waals surface area contributed by atoms with E-state index in [1.165, 1.54) is 54.9 Å². The Morgan fingerprint density at radius 3 is 0.974 bits per heavy atom. The van der Waals surface area contributed by atoms with Gasteiger partial charge in [-0.2, -0.15) is 0 Å². The molecule has 0 aliphatic carbocycles. The fourth-order valence-electron chi connectivity index (χ4n) is 3.73. The molecular weight excluding hydrogens is 573 g/mol. The second-order valence-corrected chi connectivity index (χ2v) is 12.2. The molecule has 0 N–H and O–H groups in total. The first-order valence-electron chi connectivity index (χ1n) is 11.6. The van der Waals surface area contributed by atoms with Gasteiger partial charge in [0.2, 0.25) is 0 Å². The zero-order valence-electron chi connectivity index (χ0n) is 20.2. The second kappa shape index (κ2) is 10.7. The summed E-state index contributed by atoms with van der Waals surface area (Å²) >= 11 is 7.22. The molecule has 39 heavy (non-hydrogen) atoms. The van der Waals surface area contributed by atoms with Gasteiger partial charge in [-0.15, -0.1) is 0 Å². The van der Waals surface area contributed by atoms with E-state index in [0.717, 1.165) is 5.02 Å². The van der Waals surface area contributed by atoms with Crippen molar-refractivity contribution in [2.75, 3.05) is 0 Å². The molecular formula is C30H22ClF6PS.